The Balaban J connectivity index is 1.35. The van der Waals surface area contributed by atoms with Gasteiger partial charge in [0.25, 0.3) is 5.56 Å². The number of benzene rings is 1. The van der Waals surface area contributed by atoms with Gasteiger partial charge in [-0.25, -0.2) is 4.98 Å². The van der Waals surface area contributed by atoms with Gasteiger partial charge in [-0.05, 0) is 31.6 Å². The molecule has 4 rings (SSSR count). The largest absolute Gasteiger partial charge is 0.487 e. The Morgan fingerprint density at radius 1 is 1.22 bits per heavy atom. The SMILES string of the molecule is CN1CCN(CCCNc2nc3c(c(=O)[nH]2)Cc2ccccc2OC3)CC1. The van der Waals surface area contributed by atoms with E-state index in [1.807, 2.05) is 24.3 Å². The van der Waals surface area contributed by atoms with E-state index in [0.29, 0.717) is 24.5 Å². The summed E-state index contributed by atoms with van der Waals surface area (Å²) in [5.74, 6) is 1.36. The van der Waals surface area contributed by atoms with E-state index in [9.17, 15) is 4.79 Å². The van der Waals surface area contributed by atoms with Crippen LogP contribution in [-0.2, 0) is 13.0 Å². The molecule has 1 aromatic heterocycles. The number of likely N-dealkylation sites (N-methyl/N-ethyl adjacent to an activating group) is 1. The molecule has 0 unspecified atom stereocenters. The van der Waals surface area contributed by atoms with Crippen molar-refractivity contribution >= 4 is 5.95 Å². The molecular weight excluding hydrogens is 342 g/mol. The fourth-order valence-corrected chi connectivity index (χ4v) is 3.64. The quantitative estimate of drug-likeness (QED) is 0.774. The van der Waals surface area contributed by atoms with E-state index in [0.717, 1.165) is 62.7 Å². The van der Waals surface area contributed by atoms with Gasteiger partial charge in [0.2, 0.25) is 5.95 Å². The lowest BCUT2D eigenvalue weighted by Gasteiger charge is -2.32. The molecule has 0 saturated carbocycles. The van der Waals surface area contributed by atoms with Crippen molar-refractivity contribution in [1.82, 2.24) is 19.8 Å². The summed E-state index contributed by atoms with van der Waals surface area (Å²) in [6, 6.07) is 7.84. The molecule has 0 amide bonds. The van der Waals surface area contributed by atoms with Crippen LogP contribution in [-0.4, -0.2) is 66.1 Å². The zero-order chi connectivity index (χ0) is 18.6. The third-order valence-electron chi connectivity index (χ3n) is 5.34. The number of piperazine rings is 1. The van der Waals surface area contributed by atoms with Gasteiger partial charge in [0.15, 0.2) is 0 Å². The Morgan fingerprint density at radius 2 is 2.04 bits per heavy atom. The van der Waals surface area contributed by atoms with E-state index in [-0.39, 0.29) is 5.56 Å². The summed E-state index contributed by atoms with van der Waals surface area (Å²) in [6.45, 7) is 6.70. The third kappa shape index (κ3) is 4.31. The number of hydrogen-bond donors (Lipinski definition) is 2. The van der Waals surface area contributed by atoms with Crippen molar-refractivity contribution in [2.75, 3.05) is 51.6 Å². The lowest BCUT2D eigenvalue weighted by Crippen LogP contribution is -2.44. The molecule has 1 aromatic carbocycles. The Morgan fingerprint density at radius 3 is 2.89 bits per heavy atom. The van der Waals surface area contributed by atoms with Gasteiger partial charge in [-0.1, -0.05) is 18.2 Å². The van der Waals surface area contributed by atoms with Gasteiger partial charge in [-0.15, -0.1) is 0 Å². The van der Waals surface area contributed by atoms with Crippen LogP contribution in [0.25, 0.3) is 0 Å². The predicted molar refractivity (Wildman–Crippen MR) is 105 cm³/mol. The molecule has 2 N–H and O–H groups in total. The second kappa shape index (κ2) is 8.10. The Bertz CT molecular complexity index is 843. The summed E-state index contributed by atoms with van der Waals surface area (Å²) >= 11 is 0. The molecule has 3 heterocycles. The average molecular weight is 369 g/mol. The second-order valence-corrected chi connectivity index (χ2v) is 7.34. The van der Waals surface area contributed by atoms with Gasteiger partial charge in [0.05, 0.1) is 5.69 Å². The fourth-order valence-electron chi connectivity index (χ4n) is 3.64. The van der Waals surface area contributed by atoms with Crippen molar-refractivity contribution in [3.8, 4) is 5.75 Å². The number of aromatic amines is 1. The van der Waals surface area contributed by atoms with E-state index in [2.05, 4.69) is 32.1 Å². The third-order valence-corrected chi connectivity index (χ3v) is 5.34. The van der Waals surface area contributed by atoms with E-state index in [1.54, 1.807) is 0 Å². The van der Waals surface area contributed by atoms with Gasteiger partial charge in [-0.3, -0.25) is 9.78 Å². The number of rotatable bonds is 5. The zero-order valence-electron chi connectivity index (χ0n) is 15.8. The Hall–Kier alpha value is -2.38. The minimum atomic E-state index is -0.0816. The summed E-state index contributed by atoms with van der Waals surface area (Å²) < 4.78 is 5.84. The number of para-hydroxylation sites is 1. The van der Waals surface area contributed by atoms with Crippen LogP contribution in [0.1, 0.15) is 23.2 Å². The van der Waals surface area contributed by atoms with Gasteiger partial charge >= 0.3 is 0 Å². The topological polar surface area (TPSA) is 73.5 Å². The highest BCUT2D eigenvalue weighted by molar-refractivity contribution is 5.41. The maximum atomic E-state index is 12.6. The minimum Gasteiger partial charge on any atom is -0.487 e. The van der Waals surface area contributed by atoms with Crippen molar-refractivity contribution in [2.45, 2.75) is 19.4 Å². The molecule has 144 valence electrons. The number of anilines is 1. The number of ether oxygens (including phenoxy) is 1. The van der Waals surface area contributed by atoms with E-state index in [4.69, 9.17) is 4.74 Å². The lowest BCUT2D eigenvalue weighted by atomic mass is 10.1. The Kier molecular flexibility index (Phi) is 5.40. The summed E-state index contributed by atoms with van der Waals surface area (Å²) in [7, 11) is 2.17. The Labute approximate surface area is 159 Å². The van der Waals surface area contributed by atoms with Crippen LogP contribution in [0, 0.1) is 0 Å². The minimum absolute atomic E-state index is 0.0816. The zero-order valence-corrected chi connectivity index (χ0v) is 15.8. The molecule has 7 nitrogen and oxygen atoms in total. The van der Waals surface area contributed by atoms with Crippen LogP contribution in [0.2, 0.25) is 0 Å². The number of aromatic nitrogens is 2. The predicted octanol–water partition coefficient (Wildman–Crippen LogP) is 1.30. The summed E-state index contributed by atoms with van der Waals surface area (Å²) in [5.41, 5.74) is 2.36. The fraction of sp³-hybridized carbons (Fsp3) is 0.500. The van der Waals surface area contributed by atoms with Gasteiger partial charge in [0, 0.05) is 44.7 Å². The monoisotopic (exact) mass is 369 g/mol. The first-order valence-electron chi connectivity index (χ1n) is 9.66. The van der Waals surface area contributed by atoms with Crippen LogP contribution in [0.3, 0.4) is 0 Å². The van der Waals surface area contributed by atoms with Crippen LogP contribution in [0.5, 0.6) is 5.75 Å². The number of nitrogens with one attached hydrogen (secondary N) is 2. The van der Waals surface area contributed by atoms with Gasteiger partial charge in [0.1, 0.15) is 12.4 Å². The summed E-state index contributed by atoms with van der Waals surface area (Å²) in [4.78, 5) is 24.9. The van der Waals surface area contributed by atoms with Crippen LogP contribution in [0.15, 0.2) is 29.1 Å². The molecule has 0 spiro atoms. The number of hydrogen-bond acceptors (Lipinski definition) is 6. The number of nitrogens with zero attached hydrogens (tertiary/aromatic N) is 3. The second-order valence-electron chi connectivity index (χ2n) is 7.34. The van der Waals surface area contributed by atoms with Crippen LogP contribution >= 0.6 is 0 Å². The lowest BCUT2D eigenvalue weighted by molar-refractivity contribution is 0.154. The van der Waals surface area contributed by atoms with Crippen molar-refractivity contribution in [1.29, 1.82) is 0 Å². The average Bonchev–Trinajstić information content (AvgIpc) is 2.87. The molecule has 2 aliphatic rings. The molecule has 1 fully saturated rings. The molecule has 2 aliphatic heterocycles. The molecule has 27 heavy (non-hydrogen) atoms. The normalized spacial score (nSPS) is 17.5. The first-order valence-corrected chi connectivity index (χ1v) is 9.66. The van der Waals surface area contributed by atoms with E-state index >= 15 is 0 Å². The highest BCUT2D eigenvalue weighted by Crippen LogP contribution is 2.25. The highest BCUT2D eigenvalue weighted by Gasteiger charge is 2.19. The first-order chi connectivity index (χ1) is 13.2. The standard InChI is InChI=1S/C20H27N5O2/c1-24-9-11-25(12-10-24)8-4-7-21-20-22-17-14-27-18-6-3-2-5-15(18)13-16(17)19(26)23-20/h2-3,5-6H,4,7-14H2,1H3,(H2,21,22,23,26). The molecule has 7 heteroatoms. The first kappa shape index (κ1) is 18.0. The molecular formula is C20H27N5O2. The van der Waals surface area contributed by atoms with Crippen molar-refractivity contribution in [3.63, 3.8) is 0 Å². The molecule has 0 radical (unpaired) electrons. The molecule has 0 bridgehead atoms. The van der Waals surface area contributed by atoms with Crippen LogP contribution in [0.4, 0.5) is 5.95 Å². The van der Waals surface area contributed by atoms with Crippen LogP contribution < -0.4 is 15.6 Å². The molecule has 2 aromatic rings. The summed E-state index contributed by atoms with van der Waals surface area (Å²) in [5, 5.41) is 3.27. The smallest absolute Gasteiger partial charge is 0.256 e. The van der Waals surface area contributed by atoms with E-state index < -0.39 is 0 Å². The maximum Gasteiger partial charge on any atom is 0.256 e. The molecule has 1 saturated heterocycles. The van der Waals surface area contributed by atoms with E-state index in [1.165, 1.54) is 0 Å². The van der Waals surface area contributed by atoms with Gasteiger partial charge < -0.3 is 19.9 Å². The number of H-pyrrole nitrogens is 1. The molecule has 0 atom stereocenters. The highest BCUT2D eigenvalue weighted by atomic mass is 16.5. The maximum absolute atomic E-state index is 12.6. The summed E-state index contributed by atoms with van der Waals surface area (Å²) in [6.07, 6.45) is 1.57. The molecule has 0 aliphatic carbocycles. The number of fused-ring (bicyclic) bond motifs is 2. The van der Waals surface area contributed by atoms with Crippen molar-refractivity contribution in [2.24, 2.45) is 0 Å². The van der Waals surface area contributed by atoms with Crippen molar-refractivity contribution < 1.29 is 4.74 Å². The van der Waals surface area contributed by atoms with Crippen molar-refractivity contribution in [3.05, 3.63) is 51.4 Å². The van der Waals surface area contributed by atoms with Gasteiger partial charge in [-0.2, -0.15) is 0 Å².